The van der Waals surface area contributed by atoms with Crippen LogP contribution in [0.2, 0.25) is 0 Å². The minimum atomic E-state index is -0.633. The molecule has 3 aliphatic heterocycles. The highest BCUT2D eigenvalue weighted by Crippen LogP contribution is 2.61. The molecule has 8 aromatic rings. The number of hydrogen-bond acceptors (Lipinski definition) is 1. The molecule has 2 aromatic heterocycles. The highest BCUT2D eigenvalue weighted by atomic mass is 15.7. The van der Waals surface area contributed by atoms with Gasteiger partial charge in [0.15, 0.2) is 18.0 Å². The Morgan fingerprint density at radius 3 is 1.77 bits per heavy atom. The van der Waals surface area contributed by atoms with Gasteiger partial charge in [0.2, 0.25) is 0 Å². The third-order valence-electron chi connectivity index (χ3n) is 12.9. The van der Waals surface area contributed by atoms with Gasteiger partial charge in [-0.05, 0) is 74.5 Å². The van der Waals surface area contributed by atoms with Crippen molar-refractivity contribution in [3.05, 3.63) is 204 Å². The average molecular weight is 744 g/mol. The molecule has 0 spiro atoms. The summed E-state index contributed by atoms with van der Waals surface area (Å²) in [6.07, 6.45) is 1.97. The summed E-state index contributed by atoms with van der Waals surface area (Å²) in [7, 11) is 2.35. The van der Waals surface area contributed by atoms with Gasteiger partial charge in [0, 0.05) is 35.2 Å². The molecule has 4 heteroatoms. The first-order valence-corrected chi connectivity index (χ1v) is 20.3. The fraction of sp³-hybridized carbons (Fsp3) is 0.208. The predicted octanol–water partition coefficient (Wildman–Crippen LogP) is 12.8. The summed E-state index contributed by atoms with van der Waals surface area (Å²) in [6, 6.07) is 59.3. The molecule has 0 N–H and O–H groups in total. The summed E-state index contributed by atoms with van der Waals surface area (Å²) in [6.45, 7) is 17.2. The first kappa shape index (κ1) is 35.6. The standard InChI is InChI=1S/C53H51N4/c1-51(2,3)39-26-28-48-49(33-39)57(35-56(48,7)36-57)43-22-16-21-41(31-43)53(37-17-10-8-11-18-37,38-19-12-9-13-20-38)42-25-27-45-44-23-14-15-24-46(44)55(47(45)32-42)50-34-40(29-30-54-50)52(4,5)6/h8-35H,36H2,1-7H3/q+1/t56-,57+/m0/s1. The van der Waals surface area contributed by atoms with Crippen LogP contribution in [-0.4, -0.2) is 23.3 Å². The first-order chi connectivity index (χ1) is 27.3. The van der Waals surface area contributed by atoms with E-state index in [2.05, 4.69) is 218 Å². The van der Waals surface area contributed by atoms with E-state index in [1.165, 1.54) is 61.2 Å². The maximum absolute atomic E-state index is 5.03. The van der Waals surface area contributed by atoms with Crippen molar-refractivity contribution in [2.75, 3.05) is 13.7 Å². The van der Waals surface area contributed by atoms with E-state index < -0.39 is 5.41 Å². The van der Waals surface area contributed by atoms with Crippen molar-refractivity contribution >= 4 is 38.9 Å². The van der Waals surface area contributed by atoms with Crippen molar-refractivity contribution in [2.45, 2.75) is 57.8 Å². The normalized spacial score (nSPS) is 19.1. The maximum Gasteiger partial charge on any atom is 0.181 e. The zero-order chi connectivity index (χ0) is 39.4. The Bertz CT molecular complexity index is 2790. The van der Waals surface area contributed by atoms with E-state index in [9.17, 15) is 0 Å². The topological polar surface area (TPSA) is 17.8 Å². The van der Waals surface area contributed by atoms with Crippen LogP contribution in [0.5, 0.6) is 0 Å². The van der Waals surface area contributed by atoms with Crippen molar-refractivity contribution in [3.8, 4) is 5.82 Å². The lowest BCUT2D eigenvalue weighted by molar-refractivity contribution is 0.157. The van der Waals surface area contributed by atoms with Gasteiger partial charge in [-0.1, -0.05) is 151 Å². The number of para-hydroxylation sites is 1. The molecule has 5 heterocycles. The van der Waals surface area contributed by atoms with E-state index in [0.717, 1.165) is 32.5 Å². The molecular weight excluding hydrogens is 693 g/mol. The summed E-state index contributed by atoms with van der Waals surface area (Å²) in [5.41, 5.74) is 13.4. The number of nitrogens with zero attached hydrogens (tertiary/aromatic N) is 4. The molecule has 0 amide bonds. The molecule has 11 rings (SSSR count). The summed E-state index contributed by atoms with van der Waals surface area (Å²) < 4.78 is 3.96. The van der Waals surface area contributed by atoms with Crippen LogP contribution < -0.4 is 8.97 Å². The predicted molar refractivity (Wildman–Crippen MR) is 239 cm³/mol. The molecule has 6 aromatic carbocycles. The maximum atomic E-state index is 5.03. The SMILES string of the molecule is CC(C)(C)c1ccnc(-n2c3ccccc3c3ccc(C(c4ccccc4)(c4ccccc4)c4cccc([N@@+]56[CH-][N@@+](C)(C5)c5ccc(C(C)(C)C)cc56)c4)cc32)c1. The van der Waals surface area contributed by atoms with Gasteiger partial charge in [-0.15, -0.1) is 0 Å². The van der Waals surface area contributed by atoms with Gasteiger partial charge in [-0.3, -0.25) is 9.05 Å². The zero-order valence-electron chi connectivity index (χ0n) is 34.2. The van der Waals surface area contributed by atoms with Crippen LogP contribution >= 0.6 is 0 Å². The largest absolute Gasteiger partial charge is 0.325 e. The van der Waals surface area contributed by atoms with E-state index in [-0.39, 0.29) is 10.8 Å². The van der Waals surface area contributed by atoms with Crippen molar-refractivity contribution in [2.24, 2.45) is 0 Å². The molecule has 4 nitrogen and oxygen atoms in total. The average Bonchev–Trinajstić information content (AvgIpc) is 3.77. The molecule has 0 aliphatic carbocycles. The van der Waals surface area contributed by atoms with Gasteiger partial charge in [-0.25, -0.2) is 4.98 Å². The van der Waals surface area contributed by atoms with Crippen LogP contribution in [-0.2, 0) is 16.2 Å². The Kier molecular flexibility index (Phi) is 7.71. The fourth-order valence-electron chi connectivity index (χ4n) is 10.0. The second-order valence-corrected chi connectivity index (χ2v) is 18.6. The van der Waals surface area contributed by atoms with Crippen LogP contribution in [0, 0.1) is 6.67 Å². The molecule has 282 valence electrons. The Morgan fingerprint density at radius 1 is 0.509 bits per heavy atom. The Morgan fingerprint density at radius 2 is 1.09 bits per heavy atom. The van der Waals surface area contributed by atoms with E-state index >= 15 is 0 Å². The van der Waals surface area contributed by atoms with Crippen LogP contribution in [0.4, 0.5) is 17.1 Å². The molecule has 0 radical (unpaired) electrons. The van der Waals surface area contributed by atoms with E-state index in [4.69, 9.17) is 4.98 Å². The lowest BCUT2D eigenvalue weighted by Gasteiger charge is -2.55. The molecule has 57 heavy (non-hydrogen) atoms. The van der Waals surface area contributed by atoms with Crippen molar-refractivity contribution in [1.29, 1.82) is 0 Å². The fourth-order valence-corrected chi connectivity index (χ4v) is 10.0. The summed E-state index contributed by atoms with van der Waals surface area (Å²) in [5.74, 6) is 0.936. The van der Waals surface area contributed by atoms with Crippen LogP contribution in [0.15, 0.2) is 164 Å². The van der Waals surface area contributed by atoms with E-state index in [0.29, 0.717) is 0 Å². The molecule has 2 atom stereocenters. The Labute approximate surface area is 337 Å². The van der Waals surface area contributed by atoms with Crippen molar-refractivity contribution in [3.63, 3.8) is 0 Å². The summed E-state index contributed by atoms with van der Waals surface area (Å²) >= 11 is 0. The third kappa shape index (κ3) is 5.24. The van der Waals surface area contributed by atoms with Gasteiger partial charge < -0.3 is 4.48 Å². The molecule has 1 saturated heterocycles. The molecule has 1 fully saturated rings. The smallest absolute Gasteiger partial charge is 0.181 e. The lowest BCUT2D eigenvalue weighted by atomic mass is 9.65. The highest BCUT2D eigenvalue weighted by Gasteiger charge is 2.60. The third-order valence-corrected chi connectivity index (χ3v) is 12.9. The van der Waals surface area contributed by atoms with E-state index in [1.54, 1.807) is 0 Å². The minimum Gasteiger partial charge on any atom is -0.325 e. The highest BCUT2D eigenvalue weighted by molar-refractivity contribution is 6.09. The van der Waals surface area contributed by atoms with Crippen molar-refractivity contribution in [1.82, 2.24) is 18.5 Å². The monoisotopic (exact) mass is 743 g/mol. The van der Waals surface area contributed by atoms with Gasteiger partial charge in [-0.2, -0.15) is 0 Å². The second-order valence-electron chi connectivity index (χ2n) is 18.6. The quantitative estimate of drug-likeness (QED) is 0.0942. The number of rotatable bonds is 6. The van der Waals surface area contributed by atoms with Crippen LogP contribution in [0.3, 0.4) is 0 Å². The molecule has 2 bridgehead atoms. The van der Waals surface area contributed by atoms with Crippen LogP contribution in [0.25, 0.3) is 27.6 Å². The van der Waals surface area contributed by atoms with Gasteiger partial charge in [0.05, 0.1) is 30.2 Å². The number of benzene rings is 6. The van der Waals surface area contributed by atoms with Gasteiger partial charge in [0.1, 0.15) is 11.5 Å². The number of aromatic nitrogens is 2. The first-order valence-electron chi connectivity index (χ1n) is 20.3. The zero-order valence-corrected chi connectivity index (χ0v) is 34.2. The molecular formula is C53H51N4+. The number of fused-ring (bicyclic) bond motifs is 3. The van der Waals surface area contributed by atoms with Gasteiger partial charge >= 0.3 is 0 Å². The number of pyridine rings is 1. The van der Waals surface area contributed by atoms with Crippen molar-refractivity contribution < 1.29 is 0 Å². The number of quaternary nitrogens is 2. The molecule has 0 saturated carbocycles. The lowest BCUT2D eigenvalue weighted by Crippen LogP contribution is -2.68. The van der Waals surface area contributed by atoms with Gasteiger partial charge in [0.25, 0.3) is 0 Å². The van der Waals surface area contributed by atoms with E-state index in [1.807, 2.05) is 6.20 Å². The second kappa shape index (κ2) is 12.3. The minimum absolute atomic E-state index is 0.0112. The Balaban J connectivity index is 1.26. The molecule has 0 unspecified atom stereocenters. The Hall–Kier alpha value is -5.81. The molecule has 3 aliphatic rings. The summed E-state index contributed by atoms with van der Waals surface area (Å²) in [4.78, 5) is 5.03. The van der Waals surface area contributed by atoms with Crippen LogP contribution in [0.1, 0.15) is 74.9 Å². The summed E-state index contributed by atoms with van der Waals surface area (Å²) in [5, 5.41) is 2.44. The number of hydrogen-bond donors (Lipinski definition) is 0.